The van der Waals surface area contributed by atoms with Crippen LogP contribution < -0.4 is 5.46 Å². The molecule has 0 spiro atoms. The molecule has 0 radical (unpaired) electrons. The Morgan fingerprint density at radius 1 is 1.62 bits per heavy atom. The first-order valence-corrected chi connectivity index (χ1v) is 5.21. The molecule has 2 rings (SSSR count). The highest BCUT2D eigenvalue weighted by atomic mass is 16.5. The van der Waals surface area contributed by atoms with Gasteiger partial charge in [0.15, 0.2) is 0 Å². The largest absolute Gasteiger partial charge is 0.492 e. The van der Waals surface area contributed by atoms with Crippen LogP contribution in [0.3, 0.4) is 0 Å². The molecular formula is C11H13BO4. The first-order valence-electron chi connectivity index (χ1n) is 5.21. The number of hydrogen-bond acceptors (Lipinski definition) is 4. The molecular weight excluding hydrogens is 207 g/mol. The van der Waals surface area contributed by atoms with Gasteiger partial charge in [0, 0.05) is 0 Å². The van der Waals surface area contributed by atoms with E-state index in [4.69, 9.17) is 9.39 Å². The molecule has 16 heavy (non-hydrogen) atoms. The van der Waals surface area contributed by atoms with Gasteiger partial charge in [-0.25, -0.2) is 4.79 Å². The fraction of sp³-hybridized carbons (Fsp3) is 0.364. The fourth-order valence-electron chi connectivity index (χ4n) is 2.08. The van der Waals surface area contributed by atoms with E-state index >= 15 is 0 Å². The zero-order valence-electron chi connectivity index (χ0n) is 9.32. The normalized spacial score (nSPS) is 13.8. The summed E-state index contributed by atoms with van der Waals surface area (Å²) in [5.41, 5.74) is 2.99. The summed E-state index contributed by atoms with van der Waals surface area (Å²) >= 11 is 0. The minimum atomic E-state index is -0.922. The van der Waals surface area contributed by atoms with E-state index in [0.29, 0.717) is 18.6 Å². The molecule has 4 nitrogen and oxygen atoms in total. The second kappa shape index (κ2) is 4.27. The van der Waals surface area contributed by atoms with Gasteiger partial charge >= 0.3 is 13.1 Å². The zero-order valence-corrected chi connectivity index (χ0v) is 9.32. The van der Waals surface area contributed by atoms with Crippen LogP contribution in [-0.4, -0.2) is 25.2 Å². The van der Waals surface area contributed by atoms with Crippen molar-refractivity contribution in [2.24, 2.45) is 0 Å². The molecule has 0 saturated heterocycles. The van der Waals surface area contributed by atoms with Crippen LogP contribution in [-0.2, 0) is 22.4 Å². The van der Waals surface area contributed by atoms with Crippen molar-refractivity contribution < 1.29 is 19.2 Å². The van der Waals surface area contributed by atoms with Crippen molar-refractivity contribution in [3.63, 3.8) is 0 Å². The van der Waals surface area contributed by atoms with Crippen molar-refractivity contribution in [1.82, 2.24) is 0 Å². The van der Waals surface area contributed by atoms with Gasteiger partial charge in [-0.15, -0.1) is 0 Å². The monoisotopic (exact) mass is 220 g/mol. The number of benzene rings is 1. The lowest BCUT2D eigenvalue weighted by Gasteiger charge is -2.11. The van der Waals surface area contributed by atoms with E-state index in [9.17, 15) is 9.82 Å². The SMILES string of the molecule is CCc1c(C(=O)OC)ccc2c1B(O)OC2. The van der Waals surface area contributed by atoms with Crippen molar-refractivity contribution in [3.05, 3.63) is 28.8 Å². The summed E-state index contributed by atoms with van der Waals surface area (Å²) in [6.07, 6.45) is 0.661. The van der Waals surface area contributed by atoms with Gasteiger partial charge in [-0.05, 0) is 29.1 Å². The number of hydrogen-bond donors (Lipinski definition) is 1. The average Bonchev–Trinajstić information content (AvgIpc) is 2.69. The molecule has 0 unspecified atom stereocenters. The first-order chi connectivity index (χ1) is 7.69. The van der Waals surface area contributed by atoms with E-state index in [-0.39, 0.29) is 5.97 Å². The van der Waals surface area contributed by atoms with Gasteiger partial charge < -0.3 is 14.4 Å². The van der Waals surface area contributed by atoms with Crippen molar-refractivity contribution in [2.75, 3.05) is 7.11 Å². The fourth-order valence-corrected chi connectivity index (χ4v) is 2.08. The predicted octanol–water partition coefficient (Wildman–Crippen LogP) is 0.253. The summed E-state index contributed by atoms with van der Waals surface area (Å²) in [5, 5.41) is 9.70. The average molecular weight is 220 g/mol. The van der Waals surface area contributed by atoms with E-state index in [0.717, 1.165) is 16.6 Å². The van der Waals surface area contributed by atoms with Crippen LogP contribution in [0.1, 0.15) is 28.4 Å². The molecule has 1 heterocycles. The second-order valence-electron chi connectivity index (χ2n) is 3.67. The number of methoxy groups -OCH3 is 1. The Balaban J connectivity index is 2.57. The highest BCUT2D eigenvalue weighted by Gasteiger charge is 2.32. The van der Waals surface area contributed by atoms with Crippen LogP contribution in [0.4, 0.5) is 0 Å². The summed E-state index contributed by atoms with van der Waals surface area (Å²) in [6, 6.07) is 3.53. The number of rotatable bonds is 2. The molecule has 84 valence electrons. The summed E-state index contributed by atoms with van der Waals surface area (Å²) < 4.78 is 9.85. The molecule has 1 N–H and O–H groups in total. The van der Waals surface area contributed by atoms with Crippen molar-refractivity contribution in [1.29, 1.82) is 0 Å². The Morgan fingerprint density at radius 3 is 3.00 bits per heavy atom. The Hall–Kier alpha value is -1.33. The van der Waals surface area contributed by atoms with Crippen LogP contribution in [0, 0.1) is 0 Å². The molecule has 1 aliphatic rings. The van der Waals surface area contributed by atoms with Gasteiger partial charge in [0.2, 0.25) is 0 Å². The molecule has 0 fully saturated rings. The lowest BCUT2D eigenvalue weighted by molar-refractivity contribution is 0.0599. The van der Waals surface area contributed by atoms with Gasteiger partial charge in [0.25, 0.3) is 0 Å². The van der Waals surface area contributed by atoms with Crippen molar-refractivity contribution in [2.45, 2.75) is 20.0 Å². The third kappa shape index (κ3) is 1.62. The lowest BCUT2D eigenvalue weighted by Crippen LogP contribution is -2.33. The second-order valence-corrected chi connectivity index (χ2v) is 3.67. The Morgan fingerprint density at radius 2 is 2.38 bits per heavy atom. The van der Waals surface area contributed by atoms with Crippen LogP contribution in [0.5, 0.6) is 0 Å². The number of carbonyl (C=O) groups is 1. The minimum Gasteiger partial charge on any atom is -0.465 e. The highest BCUT2D eigenvalue weighted by molar-refractivity contribution is 6.62. The Bertz CT molecular complexity index is 430. The van der Waals surface area contributed by atoms with Gasteiger partial charge in [0.05, 0.1) is 19.3 Å². The lowest BCUT2D eigenvalue weighted by atomic mass is 9.74. The van der Waals surface area contributed by atoms with E-state index in [2.05, 4.69) is 0 Å². The van der Waals surface area contributed by atoms with Gasteiger partial charge in [-0.3, -0.25) is 0 Å². The summed E-state index contributed by atoms with van der Waals surface area (Å²) in [7, 11) is 0.427. The molecule has 0 aromatic heterocycles. The number of carbonyl (C=O) groups excluding carboxylic acids is 1. The predicted molar refractivity (Wildman–Crippen MR) is 59.6 cm³/mol. The zero-order chi connectivity index (χ0) is 11.7. The van der Waals surface area contributed by atoms with Crippen molar-refractivity contribution in [3.8, 4) is 0 Å². The maximum absolute atomic E-state index is 11.6. The first kappa shape index (κ1) is 11.2. The van der Waals surface area contributed by atoms with Crippen LogP contribution in [0.25, 0.3) is 0 Å². The Kier molecular flexibility index (Phi) is 2.98. The molecule has 1 aromatic rings. The van der Waals surface area contributed by atoms with Crippen LogP contribution in [0.15, 0.2) is 12.1 Å². The highest BCUT2D eigenvalue weighted by Crippen LogP contribution is 2.18. The molecule has 0 saturated carbocycles. The number of fused-ring (bicyclic) bond motifs is 1. The molecule has 0 atom stereocenters. The van der Waals surface area contributed by atoms with Crippen molar-refractivity contribution >= 4 is 18.6 Å². The summed E-state index contributed by atoms with van der Waals surface area (Å²) in [4.78, 5) is 11.6. The van der Waals surface area contributed by atoms with E-state index < -0.39 is 7.12 Å². The molecule has 1 aromatic carbocycles. The maximum atomic E-state index is 11.6. The molecule has 1 aliphatic heterocycles. The number of esters is 1. The summed E-state index contributed by atoms with van der Waals surface area (Å²) in [5.74, 6) is -0.376. The topological polar surface area (TPSA) is 55.8 Å². The maximum Gasteiger partial charge on any atom is 0.492 e. The van der Waals surface area contributed by atoms with Gasteiger partial charge in [-0.1, -0.05) is 13.0 Å². The van der Waals surface area contributed by atoms with E-state index in [1.165, 1.54) is 7.11 Å². The van der Waals surface area contributed by atoms with E-state index in [1.807, 2.05) is 6.92 Å². The number of ether oxygens (including phenoxy) is 1. The van der Waals surface area contributed by atoms with Crippen LogP contribution in [0.2, 0.25) is 0 Å². The molecule has 0 bridgehead atoms. The minimum absolute atomic E-state index is 0.376. The standard InChI is InChI=1S/C11H13BO4/c1-3-8-9(11(13)15-2)5-4-7-6-16-12(14)10(7)8/h4-5,14H,3,6H2,1-2H3. The van der Waals surface area contributed by atoms with Gasteiger partial charge in [0.1, 0.15) is 0 Å². The van der Waals surface area contributed by atoms with Gasteiger partial charge in [-0.2, -0.15) is 0 Å². The van der Waals surface area contributed by atoms with Crippen LogP contribution >= 0.6 is 0 Å². The third-order valence-corrected chi connectivity index (χ3v) is 2.85. The quantitative estimate of drug-likeness (QED) is 0.573. The smallest absolute Gasteiger partial charge is 0.465 e. The van der Waals surface area contributed by atoms with E-state index in [1.54, 1.807) is 12.1 Å². The molecule has 0 aliphatic carbocycles. The summed E-state index contributed by atoms with van der Waals surface area (Å²) in [6.45, 7) is 2.33. The Labute approximate surface area is 94.3 Å². The molecule has 0 amide bonds. The third-order valence-electron chi connectivity index (χ3n) is 2.85. The molecule has 5 heteroatoms.